The molecule has 0 amide bonds. The molecule has 0 aliphatic carbocycles. The maximum absolute atomic E-state index is 13.0. The smallest absolute Gasteiger partial charge is 0.462 e. The van der Waals surface area contributed by atoms with Crippen LogP contribution in [0.25, 0.3) is 0 Å². The van der Waals surface area contributed by atoms with E-state index in [1.165, 1.54) is 141 Å². The molecule has 0 heterocycles. The molecular weight excluding hydrogens is 1100 g/mol. The normalized spacial score (nSPS) is 14.6. The Morgan fingerprint density at radius 3 is 0.855 bits per heavy atom. The molecule has 6 atom stereocenters. The molecule has 0 aromatic heterocycles. The van der Waals surface area contributed by atoms with Crippen LogP contribution in [-0.2, 0) is 65.4 Å². The number of aliphatic hydroxyl groups is 1. The summed E-state index contributed by atoms with van der Waals surface area (Å²) in [6, 6.07) is 0. The fourth-order valence-electron chi connectivity index (χ4n) is 9.55. The van der Waals surface area contributed by atoms with Gasteiger partial charge in [-0.25, -0.2) is 9.13 Å². The van der Waals surface area contributed by atoms with E-state index in [1.54, 1.807) is 0 Å². The second kappa shape index (κ2) is 57.8. The van der Waals surface area contributed by atoms with Crippen molar-refractivity contribution in [1.29, 1.82) is 0 Å². The third-order valence-corrected chi connectivity index (χ3v) is 17.0. The third kappa shape index (κ3) is 57.6. The highest BCUT2D eigenvalue weighted by molar-refractivity contribution is 7.47. The predicted molar refractivity (Wildman–Crippen MR) is 331 cm³/mol. The largest absolute Gasteiger partial charge is 0.472 e. The molecular formula is C64H124O17P2. The second-order valence-corrected chi connectivity index (χ2v) is 26.3. The minimum Gasteiger partial charge on any atom is -0.462 e. The Balaban J connectivity index is 5.22. The summed E-state index contributed by atoms with van der Waals surface area (Å²) in [7, 11) is -9.88. The molecule has 0 aliphatic rings. The van der Waals surface area contributed by atoms with Crippen LogP contribution < -0.4 is 0 Å². The summed E-state index contributed by atoms with van der Waals surface area (Å²) in [4.78, 5) is 72.1. The first kappa shape index (κ1) is 81.1. The number of ether oxygens (including phenoxy) is 4. The van der Waals surface area contributed by atoms with Crippen LogP contribution in [-0.4, -0.2) is 96.7 Å². The van der Waals surface area contributed by atoms with Gasteiger partial charge in [0, 0.05) is 25.7 Å². The first-order valence-corrected chi connectivity index (χ1v) is 36.7. The number of hydrogen-bond donors (Lipinski definition) is 3. The van der Waals surface area contributed by atoms with Crippen LogP contribution in [0, 0.1) is 5.92 Å². The van der Waals surface area contributed by atoms with Gasteiger partial charge in [-0.3, -0.25) is 37.3 Å². The van der Waals surface area contributed by atoms with Crippen molar-refractivity contribution in [3.05, 3.63) is 0 Å². The summed E-state index contributed by atoms with van der Waals surface area (Å²) in [5.41, 5.74) is 0. The van der Waals surface area contributed by atoms with E-state index in [2.05, 4.69) is 34.6 Å². The molecule has 19 heteroatoms. The highest BCUT2D eigenvalue weighted by Gasteiger charge is 2.30. The van der Waals surface area contributed by atoms with E-state index in [-0.39, 0.29) is 25.7 Å². The van der Waals surface area contributed by atoms with Gasteiger partial charge in [0.2, 0.25) is 0 Å². The summed E-state index contributed by atoms with van der Waals surface area (Å²) in [6.45, 7) is 7.16. The zero-order valence-electron chi connectivity index (χ0n) is 53.3. The van der Waals surface area contributed by atoms with Crippen LogP contribution in [0.2, 0.25) is 0 Å². The minimum absolute atomic E-state index is 0.106. The first-order chi connectivity index (χ1) is 40.1. The zero-order valence-corrected chi connectivity index (χ0v) is 55.1. The van der Waals surface area contributed by atoms with Crippen molar-refractivity contribution >= 4 is 39.5 Å². The summed E-state index contributed by atoms with van der Waals surface area (Å²) < 4.78 is 67.9. The van der Waals surface area contributed by atoms with Crippen LogP contribution in [0.5, 0.6) is 0 Å². The van der Waals surface area contributed by atoms with Crippen LogP contribution in [0.15, 0.2) is 0 Å². The summed E-state index contributed by atoms with van der Waals surface area (Å²) >= 11 is 0. The summed E-state index contributed by atoms with van der Waals surface area (Å²) in [5.74, 6) is -1.36. The van der Waals surface area contributed by atoms with Crippen LogP contribution in [0.3, 0.4) is 0 Å². The molecule has 492 valence electrons. The van der Waals surface area contributed by atoms with E-state index >= 15 is 0 Å². The molecule has 0 aromatic carbocycles. The number of esters is 4. The topological polar surface area (TPSA) is 237 Å². The van der Waals surface area contributed by atoms with Gasteiger partial charge in [0.1, 0.15) is 19.3 Å². The molecule has 83 heavy (non-hydrogen) atoms. The van der Waals surface area contributed by atoms with Gasteiger partial charge in [0.05, 0.1) is 26.4 Å². The molecule has 17 nitrogen and oxygen atoms in total. The van der Waals surface area contributed by atoms with Gasteiger partial charge in [0.25, 0.3) is 0 Å². The molecule has 0 radical (unpaired) electrons. The van der Waals surface area contributed by atoms with Gasteiger partial charge in [-0.15, -0.1) is 0 Å². The number of unbranched alkanes of at least 4 members (excludes halogenated alkanes) is 35. The number of carbonyl (C=O) groups excluding carboxylic acids is 4. The SMILES string of the molecule is CCCCCCCCCCCCCCCCC(=O)O[C@H](COC(=O)CCCCCCCCCCC(C)CC)COP(=O)(O)OC[C@@H](O)COP(=O)(O)OC[C@@H](COC(=O)CCCCCCCCCC)OC(=O)CCCCCCCCCCC. The van der Waals surface area contributed by atoms with E-state index in [9.17, 15) is 43.2 Å². The molecule has 0 aromatic rings. The van der Waals surface area contributed by atoms with Gasteiger partial charge in [-0.05, 0) is 31.6 Å². The maximum Gasteiger partial charge on any atom is 0.472 e. The monoisotopic (exact) mass is 1230 g/mol. The van der Waals surface area contributed by atoms with Gasteiger partial charge < -0.3 is 33.8 Å². The van der Waals surface area contributed by atoms with E-state index in [4.69, 9.17) is 37.0 Å². The molecule has 0 saturated heterocycles. The molecule has 0 rings (SSSR count). The van der Waals surface area contributed by atoms with E-state index in [0.29, 0.717) is 25.7 Å². The van der Waals surface area contributed by atoms with Crippen molar-refractivity contribution in [3.63, 3.8) is 0 Å². The number of phosphoric ester groups is 2. The van der Waals surface area contributed by atoms with E-state index in [1.807, 2.05) is 0 Å². The Hall–Kier alpha value is -1.94. The average Bonchev–Trinajstić information content (AvgIpc) is 3.47. The van der Waals surface area contributed by atoms with Crippen LogP contribution >= 0.6 is 15.6 Å². The zero-order chi connectivity index (χ0) is 61.3. The number of phosphoric acid groups is 2. The molecule has 0 bridgehead atoms. The lowest BCUT2D eigenvalue weighted by molar-refractivity contribution is -0.161. The molecule has 0 saturated carbocycles. The Kier molecular flexibility index (Phi) is 56.4. The molecule has 0 fully saturated rings. The highest BCUT2D eigenvalue weighted by atomic mass is 31.2. The van der Waals surface area contributed by atoms with Crippen molar-refractivity contribution in [3.8, 4) is 0 Å². The Bertz CT molecular complexity index is 1620. The number of rotatable bonds is 64. The second-order valence-electron chi connectivity index (χ2n) is 23.4. The lowest BCUT2D eigenvalue weighted by Crippen LogP contribution is -2.30. The standard InChI is InChI=1S/C64H124O17P2/c1-6-10-13-16-19-22-23-24-25-26-28-35-40-45-50-64(69)81-60(54-75-62(67)48-43-38-33-30-29-31-36-41-46-57(5)9-4)56-79-83(72,73)77-52-58(65)51-76-82(70,71)78-55-59(53-74-61(66)47-42-37-32-21-18-15-12-8-3)80-63(68)49-44-39-34-27-20-17-14-11-7-2/h57-60,65H,6-56H2,1-5H3,(H,70,71)(H,72,73)/t57?,58-,59+,60+/m0/s1. The van der Waals surface area contributed by atoms with Gasteiger partial charge in [-0.1, -0.05) is 272 Å². The average molecular weight is 1230 g/mol. The quantitative estimate of drug-likeness (QED) is 0.0222. The number of carbonyl (C=O) groups is 4. The third-order valence-electron chi connectivity index (χ3n) is 15.1. The van der Waals surface area contributed by atoms with E-state index < -0.39 is 97.5 Å². The molecule has 0 spiro atoms. The lowest BCUT2D eigenvalue weighted by atomic mass is 9.99. The van der Waals surface area contributed by atoms with Crippen molar-refractivity contribution in [2.75, 3.05) is 39.6 Å². The Morgan fingerprint density at radius 2 is 0.578 bits per heavy atom. The molecule has 3 N–H and O–H groups in total. The highest BCUT2D eigenvalue weighted by Crippen LogP contribution is 2.45. The molecule has 0 aliphatic heterocycles. The van der Waals surface area contributed by atoms with Gasteiger partial charge in [0.15, 0.2) is 12.2 Å². The molecule has 3 unspecified atom stereocenters. The van der Waals surface area contributed by atoms with Crippen molar-refractivity contribution in [2.24, 2.45) is 5.92 Å². The predicted octanol–water partition coefficient (Wildman–Crippen LogP) is 17.8. The number of aliphatic hydroxyl groups excluding tert-OH is 1. The van der Waals surface area contributed by atoms with Crippen LogP contribution in [0.1, 0.15) is 324 Å². The lowest BCUT2D eigenvalue weighted by Gasteiger charge is -2.21. The Labute approximate surface area is 505 Å². The van der Waals surface area contributed by atoms with Crippen molar-refractivity contribution < 1.29 is 80.2 Å². The van der Waals surface area contributed by atoms with Crippen LogP contribution in [0.4, 0.5) is 0 Å². The maximum atomic E-state index is 13.0. The van der Waals surface area contributed by atoms with E-state index in [0.717, 1.165) is 102 Å². The summed E-state index contributed by atoms with van der Waals surface area (Å²) in [5, 5.41) is 10.5. The number of hydrogen-bond acceptors (Lipinski definition) is 15. The van der Waals surface area contributed by atoms with Gasteiger partial charge >= 0.3 is 39.5 Å². The van der Waals surface area contributed by atoms with Gasteiger partial charge in [-0.2, -0.15) is 0 Å². The fraction of sp³-hybridized carbons (Fsp3) is 0.938. The Morgan fingerprint density at radius 1 is 0.337 bits per heavy atom. The van der Waals surface area contributed by atoms with Crippen molar-refractivity contribution in [2.45, 2.75) is 342 Å². The van der Waals surface area contributed by atoms with Crippen molar-refractivity contribution in [1.82, 2.24) is 0 Å². The summed E-state index contributed by atoms with van der Waals surface area (Å²) in [6.07, 6.45) is 41.6. The first-order valence-electron chi connectivity index (χ1n) is 33.7. The fourth-order valence-corrected chi connectivity index (χ4v) is 11.1. The minimum atomic E-state index is -4.94.